The SMILES string of the molecule is CC(=O)N1CCC2(CCCCOCCN(C)c3nccc2n3)CC1. The van der Waals surface area contributed by atoms with Crippen LogP contribution in [-0.2, 0) is 14.9 Å². The molecule has 0 saturated carbocycles. The highest BCUT2D eigenvalue weighted by Gasteiger charge is 2.38. The summed E-state index contributed by atoms with van der Waals surface area (Å²) in [4.78, 5) is 25.0. The molecule has 0 aliphatic carbocycles. The topological polar surface area (TPSA) is 58.6 Å². The van der Waals surface area contributed by atoms with E-state index in [4.69, 9.17) is 9.72 Å². The summed E-state index contributed by atoms with van der Waals surface area (Å²) in [5.74, 6) is 0.944. The molecule has 3 heterocycles. The van der Waals surface area contributed by atoms with Crippen molar-refractivity contribution in [3.63, 3.8) is 0 Å². The van der Waals surface area contributed by atoms with Crippen molar-refractivity contribution >= 4 is 11.9 Å². The minimum atomic E-state index is 0.0592. The lowest BCUT2D eigenvalue weighted by Gasteiger charge is -2.41. The van der Waals surface area contributed by atoms with Gasteiger partial charge in [0.15, 0.2) is 0 Å². The van der Waals surface area contributed by atoms with Gasteiger partial charge in [0.05, 0.1) is 12.3 Å². The van der Waals surface area contributed by atoms with E-state index in [1.54, 1.807) is 6.92 Å². The maximum Gasteiger partial charge on any atom is 0.225 e. The highest BCUT2D eigenvalue weighted by atomic mass is 16.5. The molecule has 2 aliphatic heterocycles. The second-order valence-electron chi connectivity index (χ2n) is 7.02. The van der Waals surface area contributed by atoms with Gasteiger partial charge in [-0.05, 0) is 31.7 Å². The first kappa shape index (κ1) is 17.1. The van der Waals surface area contributed by atoms with Crippen molar-refractivity contribution in [1.82, 2.24) is 14.9 Å². The first-order valence-corrected chi connectivity index (χ1v) is 8.99. The number of ether oxygens (including phenoxy) is 1. The Bertz CT molecular complexity index is 570. The molecule has 24 heavy (non-hydrogen) atoms. The number of hydrogen-bond donors (Lipinski definition) is 0. The third-order valence-corrected chi connectivity index (χ3v) is 5.46. The van der Waals surface area contributed by atoms with E-state index in [1.807, 2.05) is 18.1 Å². The van der Waals surface area contributed by atoms with Gasteiger partial charge < -0.3 is 14.5 Å². The van der Waals surface area contributed by atoms with Gasteiger partial charge in [-0.25, -0.2) is 9.97 Å². The van der Waals surface area contributed by atoms with Crippen LogP contribution in [0, 0.1) is 0 Å². The van der Waals surface area contributed by atoms with Gasteiger partial charge in [0.1, 0.15) is 0 Å². The Morgan fingerprint density at radius 3 is 2.71 bits per heavy atom. The van der Waals surface area contributed by atoms with Crippen LogP contribution in [0.2, 0.25) is 0 Å². The molecule has 0 unspecified atom stereocenters. The molecule has 1 aromatic rings. The van der Waals surface area contributed by atoms with Crippen molar-refractivity contribution < 1.29 is 9.53 Å². The van der Waals surface area contributed by atoms with E-state index >= 15 is 0 Å². The molecule has 1 spiro atoms. The summed E-state index contributed by atoms with van der Waals surface area (Å²) >= 11 is 0. The highest BCUT2D eigenvalue weighted by molar-refractivity contribution is 5.73. The first-order chi connectivity index (χ1) is 11.6. The molecule has 1 aromatic heterocycles. The number of amides is 1. The van der Waals surface area contributed by atoms with E-state index in [2.05, 4.69) is 16.0 Å². The van der Waals surface area contributed by atoms with Gasteiger partial charge in [-0.15, -0.1) is 0 Å². The molecular weight excluding hydrogens is 304 g/mol. The fraction of sp³-hybridized carbons (Fsp3) is 0.722. The second-order valence-corrected chi connectivity index (χ2v) is 7.02. The van der Waals surface area contributed by atoms with Crippen LogP contribution in [0.3, 0.4) is 0 Å². The Kier molecular flexibility index (Phi) is 5.33. The molecular formula is C18H28N4O2. The molecule has 132 valence electrons. The molecule has 0 aromatic carbocycles. The lowest BCUT2D eigenvalue weighted by atomic mass is 9.72. The molecule has 1 saturated heterocycles. The van der Waals surface area contributed by atoms with Crippen molar-refractivity contribution in [3.05, 3.63) is 18.0 Å². The smallest absolute Gasteiger partial charge is 0.225 e. The fourth-order valence-electron chi connectivity index (χ4n) is 3.78. The molecule has 0 atom stereocenters. The number of fused-ring (bicyclic) bond motifs is 3. The highest BCUT2D eigenvalue weighted by Crippen LogP contribution is 2.39. The molecule has 2 aliphatic rings. The number of likely N-dealkylation sites (tertiary alicyclic amines) is 1. The third kappa shape index (κ3) is 3.69. The molecule has 6 heteroatoms. The van der Waals surface area contributed by atoms with Crippen LogP contribution in [0.25, 0.3) is 0 Å². The van der Waals surface area contributed by atoms with Crippen LogP contribution in [0.15, 0.2) is 12.3 Å². The van der Waals surface area contributed by atoms with Crippen LogP contribution in [0.1, 0.15) is 44.7 Å². The Morgan fingerprint density at radius 1 is 1.17 bits per heavy atom. The summed E-state index contributed by atoms with van der Waals surface area (Å²) in [5.41, 5.74) is 1.20. The predicted octanol–water partition coefficient (Wildman–Crippen LogP) is 1.99. The Hall–Kier alpha value is -1.69. The van der Waals surface area contributed by atoms with E-state index in [0.717, 1.165) is 70.0 Å². The molecule has 3 rings (SSSR count). The summed E-state index contributed by atoms with van der Waals surface area (Å²) in [5, 5.41) is 0. The van der Waals surface area contributed by atoms with Gasteiger partial charge in [-0.1, -0.05) is 6.42 Å². The zero-order valence-electron chi connectivity index (χ0n) is 14.8. The molecule has 2 bridgehead atoms. The largest absolute Gasteiger partial charge is 0.380 e. The van der Waals surface area contributed by atoms with E-state index in [1.165, 1.54) is 0 Å². The average Bonchev–Trinajstić information content (AvgIpc) is 2.60. The number of piperidine rings is 1. The van der Waals surface area contributed by atoms with E-state index in [0.29, 0.717) is 6.61 Å². The van der Waals surface area contributed by atoms with E-state index in [9.17, 15) is 4.79 Å². The van der Waals surface area contributed by atoms with Crippen LogP contribution in [-0.4, -0.2) is 60.7 Å². The van der Waals surface area contributed by atoms with Gasteiger partial charge in [-0.3, -0.25) is 4.79 Å². The average molecular weight is 332 g/mol. The molecule has 1 fully saturated rings. The quantitative estimate of drug-likeness (QED) is 0.727. The normalized spacial score (nSPS) is 21.9. The standard InChI is InChI=1S/C18H28N4O2/c1-15(23)22-10-7-18(8-11-22)6-3-4-13-24-14-12-21(2)17-19-9-5-16(18)20-17/h5,9H,3-4,6-8,10-14H2,1-2H3. The maximum atomic E-state index is 11.7. The van der Waals surface area contributed by atoms with Crippen LogP contribution in [0.5, 0.6) is 0 Å². The van der Waals surface area contributed by atoms with Gasteiger partial charge in [0.2, 0.25) is 11.9 Å². The van der Waals surface area contributed by atoms with Crippen molar-refractivity contribution in [2.24, 2.45) is 0 Å². The maximum absolute atomic E-state index is 11.7. The Labute approximate surface area is 144 Å². The molecule has 0 radical (unpaired) electrons. The van der Waals surface area contributed by atoms with E-state index in [-0.39, 0.29) is 11.3 Å². The molecule has 1 amide bonds. The number of aromatic nitrogens is 2. The third-order valence-electron chi connectivity index (χ3n) is 5.46. The summed E-state index contributed by atoms with van der Waals surface area (Å²) in [6.07, 6.45) is 7.15. The van der Waals surface area contributed by atoms with Gasteiger partial charge in [0.25, 0.3) is 0 Å². The van der Waals surface area contributed by atoms with Gasteiger partial charge >= 0.3 is 0 Å². The molecule has 6 nitrogen and oxygen atoms in total. The predicted molar refractivity (Wildman–Crippen MR) is 93.1 cm³/mol. The number of hydrogen-bond acceptors (Lipinski definition) is 5. The van der Waals surface area contributed by atoms with Gasteiger partial charge in [0, 0.05) is 51.8 Å². The second kappa shape index (κ2) is 7.47. The summed E-state index contributed by atoms with van der Waals surface area (Å²) in [7, 11) is 2.01. The minimum Gasteiger partial charge on any atom is -0.380 e. The number of likely N-dealkylation sites (N-methyl/N-ethyl adjacent to an activating group) is 1. The Morgan fingerprint density at radius 2 is 1.96 bits per heavy atom. The van der Waals surface area contributed by atoms with Crippen LogP contribution < -0.4 is 4.90 Å². The van der Waals surface area contributed by atoms with Crippen molar-refractivity contribution in [2.45, 2.75) is 44.4 Å². The van der Waals surface area contributed by atoms with Gasteiger partial charge in [-0.2, -0.15) is 0 Å². The zero-order chi connectivity index (χ0) is 17.0. The number of carbonyl (C=O) groups excluding carboxylic acids is 1. The van der Waals surface area contributed by atoms with Crippen LogP contribution in [0.4, 0.5) is 5.95 Å². The number of rotatable bonds is 0. The number of nitrogens with zero attached hydrogens (tertiary/aromatic N) is 4. The van der Waals surface area contributed by atoms with Crippen molar-refractivity contribution in [1.29, 1.82) is 0 Å². The first-order valence-electron chi connectivity index (χ1n) is 8.99. The zero-order valence-corrected chi connectivity index (χ0v) is 14.8. The summed E-state index contributed by atoms with van der Waals surface area (Å²) < 4.78 is 5.72. The lowest BCUT2D eigenvalue weighted by Crippen LogP contribution is -2.45. The lowest BCUT2D eigenvalue weighted by molar-refractivity contribution is -0.130. The van der Waals surface area contributed by atoms with Crippen molar-refractivity contribution in [3.8, 4) is 0 Å². The number of carbonyl (C=O) groups is 1. The molecule has 0 N–H and O–H groups in total. The Balaban J connectivity index is 1.88. The number of anilines is 1. The summed E-state index contributed by atoms with van der Waals surface area (Å²) in [6, 6.07) is 2.07. The minimum absolute atomic E-state index is 0.0592. The summed E-state index contributed by atoms with van der Waals surface area (Å²) in [6.45, 7) is 5.63. The fourth-order valence-corrected chi connectivity index (χ4v) is 3.78. The monoisotopic (exact) mass is 332 g/mol. The van der Waals surface area contributed by atoms with Crippen LogP contribution >= 0.6 is 0 Å². The van der Waals surface area contributed by atoms with E-state index < -0.39 is 0 Å². The van der Waals surface area contributed by atoms with Crippen molar-refractivity contribution in [2.75, 3.05) is 44.8 Å².